The topological polar surface area (TPSA) is 70.3 Å². The molecule has 0 spiro atoms. The molecule has 6 nitrogen and oxygen atoms in total. The molecule has 4 rings (SSSR count). The lowest BCUT2D eigenvalue weighted by molar-refractivity contribution is 0.219. The fourth-order valence-electron chi connectivity index (χ4n) is 4.22. The van der Waals surface area contributed by atoms with Gasteiger partial charge < -0.3 is 16.0 Å². The van der Waals surface area contributed by atoms with Gasteiger partial charge in [0.15, 0.2) is 5.82 Å². The maximum atomic E-state index is 6.30. The number of hydrogen-bond donors (Lipinski definition) is 2. The summed E-state index contributed by atoms with van der Waals surface area (Å²) in [6.07, 6.45) is 10.6. The third kappa shape index (κ3) is 5.83. The molecule has 2 aliphatic heterocycles. The normalized spacial score (nSPS) is 17.2. The van der Waals surface area contributed by atoms with E-state index in [0.717, 1.165) is 49.6 Å². The molecule has 3 N–H and O–H groups in total. The SMILES string of the molecule is C=C(NCC(C)CN1CCc2ccccc2C1)C(N)=Cc1nccc(C2=CC(=C)N(C)C=C2)n1. The quantitative estimate of drug-likeness (QED) is 0.589. The van der Waals surface area contributed by atoms with E-state index in [1.807, 2.05) is 36.4 Å². The maximum Gasteiger partial charge on any atom is 0.154 e. The van der Waals surface area contributed by atoms with Gasteiger partial charge in [0.05, 0.1) is 17.1 Å². The minimum absolute atomic E-state index is 0.464. The van der Waals surface area contributed by atoms with Crippen molar-refractivity contribution in [3.63, 3.8) is 0 Å². The van der Waals surface area contributed by atoms with Gasteiger partial charge in [-0.2, -0.15) is 0 Å². The van der Waals surface area contributed by atoms with E-state index in [-0.39, 0.29) is 0 Å². The van der Waals surface area contributed by atoms with Crippen LogP contribution in [0.5, 0.6) is 0 Å². The number of nitrogens with zero attached hydrogens (tertiary/aromatic N) is 4. The molecule has 1 atom stereocenters. The summed E-state index contributed by atoms with van der Waals surface area (Å²) in [5, 5.41) is 3.39. The second-order valence-electron chi connectivity index (χ2n) is 9.14. The van der Waals surface area contributed by atoms with E-state index >= 15 is 0 Å². The number of fused-ring (bicyclic) bond motifs is 1. The molecule has 0 bridgehead atoms. The second kappa shape index (κ2) is 10.5. The molecular formula is C28H34N6. The molecule has 0 radical (unpaired) electrons. The number of rotatable bonds is 8. The van der Waals surface area contributed by atoms with Gasteiger partial charge in [-0.25, -0.2) is 9.97 Å². The molecule has 2 aliphatic rings. The third-order valence-corrected chi connectivity index (χ3v) is 6.30. The number of benzene rings is 1. The minimum atomic E-state index is 0.464. The van der Waals surface area contributed by atoms with Gasteiger partial charge >= 0.3 is 0 Å². The van der Waals surface area contributed by atoms with Crippen molar-refractivity contribution in [2.45, 2.75) is 19.9 Å². The van der Waals surface area contributed by atoms with E-state index in [1.165, 1.54) is 11.1 Å². The summed E-state index contributed by atoms with van der Waals surface area (Å²) < 4.78 is 0. The Bertz CT molecular complexity index is 1160. The van der Waals surface area contributed by atoms with Gasteiger partial charge in [0.1, 0.15) is 0 Å². The highest BCUT2D eigenvalue weighted by Crippen LogP contribution is 2.22. The molecular weight excluding hydrogens is 420 g/mol. The van der Waals surface area contributed by atoms with Crippen LogP contribution in [0, 0.1) is 5.92 Å². The van der Waals surface area contributed by atoms with Gasteiger partial charge in [0.2, 0.25) is 0 Å². The summed E-state index contributed by atoms with van der Waals surface area (Å²) in [6, 6.07) is 10.6. The Morgan fingerprint density at radius 3 is 2.85 bits per heavy atom. The van der Waals surface area contributed by atoms with Crippen molar-refractivity contribution >= 4 is 11.6 Å². The number of hydrogen-bond acceptors (Lipinski definition) is 6. The Morgan fingerprint density at radius 2 is 2.06 bits per heavy atom. The summed E-state index contributed by atoms with van der Waals surface area (Å²) >= 11 is 0. The van der Waals surface area contributed by atoms with Gasteiger partial charge in [-0.05, 0) is 41.7 Å². The Hall–Kier alpha value is -3.64. The van der Waals surface area contributed by atoms with Crippen LogP contribution in [0.15, 0.2) is 85.1 Å². The predicted octanol–water partition coefficient (Wildman–Crippen LogP) is 3.93. The Balaban J connectivity index is 1.31. The molecule has 0 fully saturated rings. The lowest BCUT2D eigenvalue weighted by Gasteiger charge is -2.31. The van der Waals surface area contributed by atoms with Gasteiger partial charge in [-0.15, -0.1) is 0 Å². The molecule has 1 unspecified atom stereocenters. The van der Waals surface area contributed by atoms with Crippen LogP contribution in [-0.4, -0.2) is 46.4 Å². The molecule has 0 saturated heterocycles. The van der Waals surface area contributed by atoms with E-state index in [1.54, 1.807) is 12.3 Å². The summed E-state index contributed by atoms with van der Waals surface area (Å²) in [6.45, 7) is 14.4. The molecule has 176 valence electrons. The van der Waals surface area contributed by atoms with Crippen LogP contribution in [0.1, 0.15) is 29.6 Å². The molecule has 0 aliphatic carbocycles. The van der Waals surface area contributed by atoms with Crippen LogP contribution >= 0.6 is 0 Å². The first kappa shape index (κ1) is 23.5. The van der Waals surface area contributed by atoms with Crippen molar-refractivity contribution in [2.24, 2.45) is 11.7 Å². The van der Waals surface area contributed by atoms with Crippen molar-refractivity contribution in [1.29, 1.82) is 0 Å². The largest absolute Gasteiger partial charge is 0.397 e. The van der Waals surface area contributed by atoms with Crippen LogP contribution in [0.2, 0.25) is 0 Å². The molecule has 34 heavy (non-hydrogen) atoms. The maximum absolute atomic E-state index is 6.30. The van der Waals surface area contributed by atoms with Crippen molar-refractivity contribution in [2.75, 3.05) is 26.7 Å². The zero-order chi connectivity index (χ0) is 24.1. The number of allylic oxidation sites excluding steroid dienone is 3. The smallest absolute Gasteiger partial charge is 0.154 e. The van der Waals surface area contributed by atoms with Crippen molar-refractivity contribution in [3.8, 4) is 0 Å². The average Bonchev–Trinajstić information content (AvgIpc) is 2.84. The fourth-order valence-corrected chi connectivity index (χ4v) is 4.22. The van der Waals surface area contributed by atoms with Gasteiger partial charge in [-0.3, -0.25) is 4.90 Å². The highest BCUT2D eigenvalue weighted by molar-refractivity contribution is 5.75. The van der Waals surface area contributed by atoms with Gasteiger partial charge in [-0.1, -0.05) is 44.3 Å². The van der Waals surface area contributed by atoms with Crippen LogP contribution in [0.3, 0.4) is 0 Å². The van der Waals surface area contributed by atoms with Crippen LogP contribution in [0.25, 0.3) is 11.6 Å². The summed E-state index contributed by atoms with van der Waals surface area (Å²) in [5.74, 6) is 1.02. The number of likely N-dealkylation sites (N-methyl/N-ethyl adjacent to an activating group) is 1. The molecule has 3 heterocycles. The third-order valence-electron chi connectivity index (χ3n) is 6.30. The van der Waals surface area contributed by atoms with E-state index < -0.39 is 0 Å². The first-order valence-corrected chi connectivity index (χ1v) is 11.7. The van der Waals surface area contributed by atoms with E-state index in [0.29, 0.717) is 23.1 Å². The van der Waals surface area contributed by atoms with Crippen LogP contribution in [-0.2, 0) is 13.0 Å². The number of aromatic nitrogens is 2. The fraction of sp³-hybridized carbons (Fsp3) is 0.286. The molecule has 2 aromatic rings. The van der Waals surface area contributed by atoms with E-state index in [4.69, 9.17) is 5.73 Å². The average molecular weight is 455 g/mol. The highest BCUT2D eigenvalue weighted by atomic mass is 15.1. The highest BCUT2D eigenvalue weighted by Gasteiger charge is 2.17. The molecule has 1 aromatic carbocycles. The summed E-state index contributed by atoms with van der Waals surface area (Å²) in [5.41, 5.74) is 13.2. The van der Waals surface area contributed by atoms with Crippen molar-refractivity contribution in [1.82, 2.24) is 25.1 Å². The number of nitrogens with two attached hydrogens (primary N) is 1. The zero-order valence-electron chi connectivity index (χ0n) is 20.2. The Morgan fingerprint density at radius 1 is 1.26 bits per heavy atom. The Labute approximate surface area is 202 Å². The summed E-state index contributed by atoms with van der Waals surface area (Å²) in [4.78, 5) is 13.5. The molecule has 0 saturated carbocycles. The lowest BCUT2D eigenvalue weighted by Crippen LogP contribution is -2.37. The van der Waals surface area contributed by atoms with Gasteiger partial charge in [0, 0.05) is 63.0 Å². The summed E-state index contributed by atoms with van der Waals surface area (Å²) in [7, 11) is 1.96. The van der Waals surface area contributed by atoms with E-state index in [9.17, 15) is 0 Å². The minimum Gasteiger partial charge on any atom is -0.397 e. The van der Waals surface area contributed by atoms with Crippen molar-refractivity contribution in [3.05, 3.63) is 108 Å². The predicted molar refractivity (Wildman–Crippen MR) is 140 cm³/mol. The van der Waals surface area contributed by atoms with Gasteiger partial charge in [0.25, 0.3) is 0 Å². The molecule has 1 aromatic heterocycles. The van der Waals surface area contributed by atoms with Crippen molar-refractivity contribution < 1.29 is 0 Å². The molecule has 6 heteroatoms. The first-order valence-electron chi connectivity index (χ1n) is 11.7. The monoisotopic (exact) mass is 454 g/mol. The Kier molecular flexibility index (Phi) is 7.28. The molecule has 0 amide bonds. The van der Waals surface area contributed by atoms with E-state index in [2.05, 4.69) is 64.5 Å². The van der Waals surface area contributed by atoms with Crippen LogP contribution in [0.4, 0.5) is 0 Å². The number of nitrogens with one attached hydrogen (secondary N) is 1. The standard InChI is InChI=1S/C28H34N6/c1-20(18-34-14-11-23-7-5-6-8-25(23)19-34)17-31-22(3)26(29)16-28-30-12-9-27(32-28)24-10-13-33(4)21(2)15-24/h5-10,12-13,15-16,20,31H,2-3,11,14,17-19,29H2,1,4H3. The lowest BCUT2D eigenvalue weighted by atomic mass is 9.99. The second-order valence-corrected chi connectivity index (χ2v) is 9.14. The first-order chi connectivity index (χ1) is 16.4. The zero-order valence-corrected chi connectivity index (χ0v) is 20.2. The van der Waals surface area contributed by atoms with Crippen LogP contribution < -0.4 is 11.1 Å².